The molecule has 0 spiro atoms. The molecule has 4 rings (SSSR count). The van der Waals surface area contributed by atoms with Crippen LogP contribution in [0.1, 0.15) is 12.8 Å². The summed E-state index contributed by atoms with van der Waals surface area (Å²) >= 11 is 1.48. The lowest BCUT2D eigenvalue weighted by molar-refractivity contribution is 0.181. The Labute approximate surface area is 121 Å². The van der Waals surface area contributed by atoms with Crippen LogP contribution in [-0.4, -0.2) is 66.6 Å². The van der Waals surface area contributed by atoms with E-state index in [0.29, 0.717) is 24.3 Å². The van der Waals surface area contributed by atoms with E-state index in [4.69, 9.17) is 4.74 Å². The lowest BCUT2D eigenvalue weighted by Crippen LogP contribution is -2.50. The zero-order valence-electron chi connectivity index (χ0n) is 11.2. The lowest BCUT2D eigenvalue weighted by Gasteiger charge is -2.37. The average Bonchev–Trinajstić information content (AvgIpc) is 3.17. The summed E-state index contributed by atoms with van der Waals surface area (Å²) in [5, 5.41) is 9.98. The highest BCUT2D eigenvalue weighted by Crippen LogP contribution is 2.31. The van der Waals surface area contributed by atoms with Crippen LogP contribution in [0.15, 0.2) is 0 Å². The lowest BCUT2D eigenvalue weighted by atomic mass is 10.2. The van der Waals surface area contributed by atoms with Crippen molar-refractivity contribution >= 4 is 27.7 Å². The molecular weight excluding hydrogens is 278 g/mol. The molecule has 1 aromatic rings. The summed E-state index contributed by atoms with van der Waals surface area (Å²) in [5.74, 6) is 0. The van der Waals surface area contributed by atoms with Crippen LogP contribution >= 0.6 is 11.3 Å². The second kappa shape index (κ2) is 4.85. The van der Waals surface area contributed by atoms with Crippen molar-refractivity contribution in [1.82, 2.24) is 15.1 Å². The third kappa shape index (κ3) is 2.03. The number of hydrogen-bond donors (Lipinski definition) is 0. The molecule has 1 aromatic heterocycles. The molecule has 1 amide bonds. The topological polar surface area (TPSA) is 61.8 Å². The fraction of sp³-hybridized carbons (Fsp3) is 0.750. The molecule has 8 heteroatoms. The fourth-order valence-corrected chi connectivity index (χ4v) is 4.07. The second-order valence-corrected chi connectivity index (χ2v) is 6.35. The van der Waals surface area contributed by atoms with Crippen LogP contribution in [0.2, 0.25) is 0 Å². The summed E-state index contributed by atoms with van der Waals surface area (Å²) in [7, 11) is 0. The number of amides is 1. The first-order valence-electron chi connectivity index (χ1n) is 7.08. The molecule has 0 bridgehead atoms. The van der Waals surface area contributed by atoms with E-state index >= 15 is 0 Å². The summed E-state index contributed by atoms with van der Waals surface area (Å²) < 4.78 is 4.94. The molecule has 3 fully saturated rings. The third-order valence-electron chi connectivity index (χ3n) is 4.25. The predicted octanol–water partition coefficient (Wildman–Crippen LogP) is 0.779. The number of cyclic esters (lactones) is 1. The molecule has 7 nitrogen and oxygen atoms in total. The molecule has 0 saturated carbocycles. The van der Waals surface area contributed by atoms with E-state index in [1.165, 1.54) is 30.7 Å². The van der Waals surface area contributed by atoms with E-state index in [9.17, 15) is 4.79 Å². The Hall–Kier alpha value is -1.41. The molecule has 0 N–H and O–H groups in total. The molecule has 108 valence electrons. The predicted molar refractivity (Wildman–Crippen MR) is 75.4 cm³/mol. The van der Waals surface area contributed by atoms with E-state index in [1.807, 2.05) is 0 Å². The van der Waals surface area contributed by atoms with Crippen LogP contribution in [-0.2, 0) is 4.74 Å². The summed E-state index contributed by atoms with van der Waals surface area (Å²) in [6, 6.07) is 0.660. The van der Waals surface area contributed by atoms with Crippen LogP contribution in [0.3, 0.4) is 0 Å². The maximum atomic E-state index is 11.5. The van der Waals surface area contributed by atoms with Gasteiger partial charge in [0, 0.05) is 25.7 Å². The molecule has 4 heterocycles. The van der Waals surface area contributed by atoms with Gasteiger partial charge in [-0.1, -0.05) is 11.3 Å². The highest BCUT2D eigenvalue weighted by molar-refractivity contribution is 7.19. The molecule has 0 radical (unpaired) electrons. The number of carbonyl (C=O) groups is 1. The van der Waals surface area contributed by atoms with Gasteiger partial charge in [0.25, 0.3) is 0 Å². The van der Waals surface area contributed by atoms with E-state index in [-0.39, 0.29) is 6.09 Å². The van der Waals surface area contributed by atoms with Gasteiger partial charge < -0.3 is 9.64 Å². The van der Waals surface area contributed by atoms with Crippen LogP contribution in [0, 0.1) is 0 Å². The average molecular weight is 295 g/mol. The van der Waals surface area contributed by atoms with Gasteiger partial charge in [0.1, 0.15) is 6.61 Å². The second-order valence-electron chi connectivity index (χ2n) is 5.41. The Morgan fingerprint density at radius 1 is 1.15 bits per heavy atom. The molecule has 3 aliphatic heterocycles. The number of piperazine rings is 1. The van der Waals surface area contributed by atoms with E-state index in [1.54, 1.807) is 4.90 Å². The largest absolute Gasteiger partial charge is 0.447 e. The summed E-state index contributed by atoms with van der Waals surface area (Å²) in [6.07, 6.45) is 2.27. The van der Waals surface area contributed by atoms with Crippen molar-refractivity contribution in [1.29, 1.82) is 0 Å². The van der Waals surface area contributed by atoms with Crippen LogP contribution in [0.4, 0.5) is 15.1 Å². The number of rotatable bonds is 2. The Balaban J connectivity index is 1.49. The standard InChI is InChI=1S/C12H17N5O2S/c18-12-17(6-7-19-12)11-14-13-10(20-11)16-5-4-15-3-1-2-9(15)8-16/h9H,1-8H2. The van der Waals surface area contributed by atoms with Gasteiger partial charge in [0.15, 0.2) is 0 Å². The summed E-state index contributed by atoms with van der Waals surface area (Å²) in [6.45, 7) is 5.37. The quantitative estimate of drug-likeness (QED) is 0.803. The van der Waals surface area contributed by atoms with Gasteiger partial charge in [0.05, 0.1) is 6.54 Å². The van der Waals surface area contributed by atoms with Crippen molar-refractivity contribution in [3.8, 4) is 0 Å². The van der Waals surface area contributed by atoms with Crippen LogP contribution < -0.4 is 9.80 Å². The number of nitrogens with zero attached hydrogens (tertiary/aromatic N) is 5. The first-order chi connectivity index (χ1) is 9.81. The van der Waals surface area contributed by atoms with Crippen molar-refractivity contribution in [2.45, 2.75) is 18.9 Å². The molecule has 3 aliphatic rings. The normalized spacial score (nSPS) is 27.0. The molecule has 1 unspecified atom stereocenters. The molecular formula is C12H17N5O2S. The number of ether oxygens (including phenoxy) is 1. The van der Waals surface area contributed by atoms with Gasteiger partial charge in [0.2, 0.25) is 10.3 Å². The van der Waals surface area contributed by atoms with E-state index < -0.39 is 0 Å². The Bertz CT molecular complexity index is 522. The van der Waals surface area contributed by atoms with Gasteiger partial charge >= 0.3 is 6.09 Å². The maximum absolute atomic E-state index is 11.5. The van der Waals surface area contributed by atoms with Crippen molar-refractivity contribution in [2.75, 3.05) is 49.1 Å². The molecule has 0 aliphatic carbocycles. The Morgan fingerprint density at radius 3 is 2.90 bits per heavy atom. The van der Waals surface area contributed by atoms with Gasteiger partial charge in [-0.25, -0.2) is 9.69 Å². The maximum Gasteiger partial charge on any atom is 0.416 e. The molecule has 1 atom stereocenters. The van der Waals surface area contributed by atoms with Gasteiger partial charge in [-0.3, -0.25) is 4.90 Å². The van der Waals surface area contributed by atoms with Crippen molar-refractivity contribution < 1.29 is 9.53 Å². The SMILES string of the molecule is O=C1OCCN1c1nnc(N2CCN3CCCC3C2)s1. The van der Waals surface area contributed by atoms with Gasteiger partial charge in [-0.15, -0.1) is 10.2 Å². The van der Waals surface area contributed by atoms with Crippen molar-refractivity contribution in [3.63, 3.8) is 0 Å². The van der Waals surface area contributed by atoms with Crippen LogP contribution in [0.25, 0.3) is 0 Å². The minimum atomic E-state index is -0.312. The monoisotopic (exact) mass is 295 g/mol. The number of hydrogen-bond acceptors (Lipinski definition) is 7. The molecule has 3 saturated heterocycles. The van der Waals surface area contributed by atoms with Gasteiger partial charge in [-0.2, -0.15) is 0 Å². The third-order valence-corrected chi connectivity index (χ3v) is 5.26. The molecule has 20 heavy (non-hydrogen) atoms. The zero-order chi connectivity index (χ0) is 13.5. The summed E-state index contributed by atoms with van der Waals surface area (Å²) in [4.78, 5) is 18.0. The number of fused-ring (bicyclic) bond motifs is 1. The highest BCUT2D eigenvalue weighted by atomic mass is 32.1. The highest BCUT2D eigenvalue weighted by Gasteiger charge is 2.33. The number of carbonyl (C=O) groups excluding carboxylic acids is 1. The van der Waals surface area contributed by atoms with Gasteiger partial charge in [-0.05, 0) is 19.4 Å². The van der Waals surface area contributed by atoms with E-state index in [0.717, 1.165) is 24.8 Å². The minimum absolute atomic E-state index is 0.312. The van der Waals surface area contributed by atoms with E-state index in [2.05, 4.69) is 20.0 Å². The smallest absolute Gasteiger partial charge is 0.416 e. The zero-order valence-corrected chi connectivity index (χ0v) is 12.0. The van der Waals surface area contributed by atoms with Crippen molar-refractivity contribution in [2.24, 2.45) is 0 Å². The number of anilines is 2. The van der Waals surface area contributed by atoms with Crippen molar-refractivity contribution in [3.05, 3.63) is 0 Å². The number of aromatic nitrogens is 2. The minimum Gasteiger partial charge on any atom is -0.447 e. The molecule has 0 aromatic carbocycles. The fourth-order valence-electron chi connectivity index (χ4n) is 3.18. The Morgan fingerprint density at radius 2 is 2.05 bits per heavy atom. The first kappa shape index (κ1) is 12.3. The first-order valence-corrected chi connectivity index (χ1v) is 7.90. The Kier molecular flexibility index (Phi) is 2.99. The summed E-state index contributed by atoms with van der Waals surface area (Å²) in [5.41, 5.74) is 0. The van der Waals surface area contributed by atoms with Crippen LogP contribution in [0.5, 0.6) is 0 Å².